The lowest BCUT2D eigenvalue weighted by Gasteiger charge is -2.29. The first kappa shape index (κ1) is 34.0. The van der Waals surface area contributed by atoms with E-state index in [-0.39, 0.29) is 40.3 Å². The normalized spacial score (nSPS) is 12.0. The number of methoxy groups -OCH3 is 1. The largest absolute Gasteiger partial charge is 0.494 e. The molecule has 0 aromatic heterocycles. The van der Waals surface area contributed by atoms with Crippen LogP contribution in [0, 0.1) is 0 Å². The Morgan fingerprint density at radius 2 is 1.53 bits per heavy atom. The lowest BCUT2D eigenvalue weighted by Crippen LogP contribution is -2.31. The van der Waals surface area contributed by atoms with E-state index >= 15 is 0 Å². The Morgan fingerprint density at radius 3 is 2.09 bits per heavy atom. The van der Waals surface area contributed by atoms with E-state index in [1.165, 1.54) is 24.3 Å². The molecule has 45 heavy (non-hydrogen) atoms. The maximum Gasteiger partial charge on any atom is 0.417 e. The fraction of sp³-hybridized carbons (Fsp3) is 0.265. The zero-order valence-electron chi connectivity index (χ0n) is 24.8. The molecule has 0 heterocycles. The Kier molecular flexibility index (Phi) is 11.3. The Labute approximate surface area is 266 Å². The number of benzene rings is 4. The minimum absolute atomic E-state index is 0.0823. The summed E-state index contributed by atoms with van der Waals surface area (Å²) in [6.07, 6.45) is -3.14. The number of carbonyl (C=O) groups excluding carboxylic acids is 1. The smallest absolute Gasteiger partial charge is 0.417 e. The standard InChI is InChI=1S/C34H33ClF3NO5S/c1-43-33(40)28-18-17-27(21-31(28)45(2,41)42)44-20-10-19-39(22-26-15-9-16-30(32(26)35)34(36,37)38)23-29(24-11-5-3-6-12-24)25-13-7-4-8-14-25/h3-9,11-18,21,29H,10,19-20,22-23H2,1-2H3. The molecule has 0 unspecified atom stereocenters. The van der Waals surface area contributed by atoms with E-state index in [9.17, 15) is 26.4 Å². The van der Waals surface area contributed by atoms with Gasteiger partial charge in [-0.25, -0.2) is 13.2 Å². The van der Waals surface area contributed by atoms with Gasteiger partial charge in [-0.1, -0.05) is 84.4 Å². The first-order chi connectivity index (χ1) is 21.4. The zero-order valence-corrected chi connectivity index (χ0v) is 26.3. The number of sulfone groups is 1. The van der Waals surface area contributed by atoms with Crippen LogP contribution < -0.4 is 4.74 Å². The van der Waals surface area contributed by atoms with Crippen LogP contribution in [0.4, 0.5) is 13.2 Å². The number of carbonyl (C=O) groups is 1. The fourth-order valence-electron chi connectivity index (χ4n) is 5.08. The molecule has 0 spiro atoms. The van der Waals surface area contributed by atoms with Crippen LogP contribution in [0.15, 0.2) is 102 Å². The highest BCUT2D eigenvalue weighted by atomic mass is 35.5. The summed E-state index contributed by atoms with van der Waals surface area (Å²) in [4.78, 5) is 13.9. The van der Waals surface area contributed by atoms with Gasteiger partial charge in [0.2, 0.25) is 0 Å². The fourth-order valence-corrected chi connectivity index (χ4v) is 6.26. The zero-order chi connectivity index (χ0) is 32.6. The summed E-state index contributed by atoms with van der Waals surface area (Å²) >= 11 is 6.29. The molecule has 0 aliphatic rings. The van der Waals surface area contributed by atoms with Crippen molar-refractivity contribution in [3.63, 3.8) is 0 Å². The van der Waals surface area contributed by atoms with Gasteiger partial charge < -0.3 is 9.47 Å². The van der Waals surface area contributed by atoms with Crippen LogP contribution in [-0.4, -0.2) is 52.3 Å². The second-order valence-corrected chi connectivity index (χ2v) is 12.9. The number of ether oxygens (including phenoxy) is 2. The molecule has 0 saturated heterocycles. The van der Waals surface area contributed by atoms with Crippen molar-refractivity contribution in [2.75, 3.05) is 33.1 Å². The van der Waals surface area contributed by atoms with Gasteiger partial charge in [-0.3, -0.25) is 4.90 Å². The van der Waals surface area contributed by atoms with Crippen molar-refractivity contribution in [1.82, 2.24) is 4.90 Å². The van der Waals surface area contributed by atoms with Gasteiger partial charge in [0.25, 0.3) is 0 Å². The van der Waals surface area contributed by atoms with Crippen LogP contribution in [0.1, 0.15) is 45.0 Å². The third-order valence-electron chi connectivity index (χ3n) is 7.27. The monoisotopic (exact) mass is 659 g/mol. The number of hydrogen-bond acceptors (Lipinski definition) is 6. The molecule has 0 bridgehead atoms. The van der Waals surface area contributed by atoms with E-state index in [1.54, 1.807) is 6.07 Å². The second kappa shape index (κ2) is 14.9. The quantitative estimate of drug-likeness (QED) is 0.108. The van der Waals surface area contributed by atoms with Gasteiger partial charge in [0.15, 0.2) is 9.84 Å². The molecule has 0 radical (unpaired) electrons. The molecule has 0 aliphatic carbocycles. The summed E-state index contributed by atoms with van der Waals surface area (Å²) in [7, 11) is -2.59. The predicted molar refractivity (Wildman–Crippen MR) is 167 cm³/mol. The van der Waals surface area contributed by atoms with Crippen LogP contribution in [0.5, 0.6) is 5.75 Å². The first-order valence-corrected chi connectivity index (χ1v) is 16.4. The van der Waals surface area contributed by atoms with Gasteiger partial charge in [-0.15, -0.1) is 0 Å². The Balaban J connectivity index is 1.58. The lowest BCUT2D eigenvalue weighted by atomic mass is 9.90. The van der Waals surface area contributed by atoms with Gasteiger partial charge in [0.05, 0.1) is 34.8 Å². The number of halogens is 4. The van der Waals surface area contributed by atoms with Crippen LogP contribution in [0.25, 0.3) is 0 Å². The number of nitrogens with zero attached hydrogens (tertiary/aromatic N) is 1. The van der Waals surface area contributed by atoms with E-state index in [1.807, 2.05) is 65.6 Å². The number of alkyl halides is 3. The average Bonchev–Trinajstić information content (AvgIpc) is 3.02. The summed E-state index contributed by atoms with van der Waals surface area (Å²) in [5.74, 6) is -0.611. The van der Waals surface area contributed by atoms with Gasteiger partial charge in [-0.05, 0) is 47.4 Å². The maximum absolute atomic E-state index is 13.6. The van der Waals surface area contributed by atoms with Crippen molar-refractivity contribution in [3.8, 4) is 5.75 Å². The highest BCUT2D eigenvalue weighted by molar-refractivity contribution is 7.90. The first-order valence-electron chi connectivity index (χ1n) is 14.1. The minimum Gasteiger partial charge on any atom is -0.494 e. The molecule has 4 aromatic carbocycles. The van der Waals surface area contributed by atoms with E-state index in [0.717, 1.165) is 30.6 Å². The number of hydrogen-bond donors (Lipinski definition) is 0. The molecule has 4 aromatic rings. The Morgan fingerprint density at radius 1 is 0.911 bits per heavy atom. The molecule has 0 amide bonds. The van der Waals surface area contributed by atoms with Gasteiger partial charge >= 0.3 is 12.1 Å². The third-order valence-corrected chi connectivity index (χ3v) is 8.85. The molecule has 4 rings (SSSR count). The van der Waals surface area contributed by atoms with Crippen LogP contribution in [0.2, 0.25) is 5.02 Å². The molecule has 0 fully saturated rings. The highest BCUT2D eigenvalue weighted by Gasteiger charge is 2.34. The van der Waals surface area contributed by atoms with Crippen molar-refractivity contribution in [2.24, 2.45) is 0 Å². The van der Waals surface area contributed by atoms with Gasteiger partial charge in [0.1, 0.15) is 5.75 Å². The summed E-state index contributed by atoms with van der Waals surface area (Å²) < 4.78 is 76.1. The Hall–Kier alpha value is -3.86. The predicted octanol–water partition coefficient (Wildman–Crippen LogP) is 7.65. The summed E-state index contributed by atoms with van der Waals surface area (Å²) in [6, 6.07) is 27.8. The topological polar surface area (TPSA) is 72.9 Å². The SMILES string of the molecule is COC(=O)c1ccc(OCCCN(Cc2cccc(C(F)(F)F)c2Cl)CC(c2ccccc2)c2ccccc2)cc1S(C)(=O)=O. The van der Waals surface area contributed by atoms with E-state index in [2.05, 4.69) is 0 Å². The second-order valence-electron chi connectivity index (χ2n) is 10.5. The summed E-state index contributed by atoms with van der Waals surface area (Å²) in [6.45, 7) is 1.24. The van der Waals surface area contributed by atoms with Gasteiger partial charge in [0, 0.05) is 31.8 Å². The van der Waals surface area contributed by atoms with Gasteiger partial charge in [-0.2, -0.15) is 13.2 Å². The highest BCUT2D eigenvalue weighted by Crippen LogP contribution is 2.37. The maximum atomic E-state index is 13.6. The average molecular weight is 660 g/mol. The summed E-state index contributed by atoms with van der Waals surface area (Å²) in [5, 5.41) is -0.332. The molecular formula is C34H33ClF3NO5S. The van der Waals surface area contributed by atoms with E-state index < -0.39 is 27.5 Å². The number of esters is 1. The van der Waals surface area contributed by atoms with E-state index in [0.29, 0.717) is 25.1 Å². The molecular weight excluding hydrogens is 627 g/mol. The van der Waals surface area contributed by atoms with Crippen molar-refractivity contribution in [3.05, 3.63) is 130 Å². The lowest BCUT2D eigenvalue weighted by molar-refractivity contribution is -0.137. The molecule has 0 atom stereocenters. The van der Waals surface area contributed by atoms with Crippen molar-refractivity contribution in [2.45, 2.75) is 30.0 Å². The molecule has 238 valence electrons. The van der Waals surface area contributed by atoms with Crippen molar-refractivity contribution < 1.29 is 35.9 Å². The molecule has 6 nitrogen and oxygen atoms in total. The molecule has 0 aliphatic heterocycles. The molecule has 11 heteroatoms. The molecule has 0 saturated carbocycles. The van der Waals surface area contributed by atoms with Crippen LogP contribution in [0.3, 0.4) is 0 Å². The Bertz CT molecular complexity index is 1660. The summed E-state index contributed by atoms with van der Waals surface area (Å²) in [5.41, 5.74) is 1.48. The van der Waals surface area contributed by atoms with Crippen LogP contribution >= 0.6 is 11.6 Å². The third kappa shape index (κ3) is 9.09. The molecule has 0 N–H and O–H groups in total. The van der Waals surface area contributed by atoms with Crippen molar-refractivity contribution >= 4 is 27.4 Å². The number of rotatable bonds is 13. The van der Waals surface area contributed by atoms with E-state index in [4.69, 9.17) is 21.1 Å². The van der Waals surface area contributed by atoms with Crippen molar-refractivity contribution in [1.29, 1.82) is 0 Å². The van der Waals surface area contributed by atoms with Crippen LogP contribution in [-0.2, 0) is 27.3 Å². The minimum atomic E-state index is -4.59.